The molecular weight excluding hydrogens is 484 g/mol. The number of aromatic nitrogens is 1. The molecule has 0 saturated heterocycles. The van der Waals surface area contributed by atoms with Crippen molar-refractivity contribution in [2.45, 2.75) is 24.1 Å². The molecule has 35 heavy (non-hydrogen) atoms. The summed E-state index contributed by atoms with van der Waals surface area (Å²) in [5.74, 6) is 1.10. The summed E-state index contributed by atoms with van der Waals surface area (Å²) in [7, 11) is 1.72. The summed E-state index contributed by atoms with van der Waals surface area (Å²) in [6.45, 7) is 4.62. The zero-order valence-electron chi connectivity index (χ0n) is 20.8. The van der Waals surface area contributed by atoms with Crippen molar-refractivity contribution in [3.05, 3.63) is 46.5 Å². The monoisotopic (exact) mass is 516 g/mol. The highest BCUT2D eigenvalue weighted by molar-refractivity contribution is 7.98. The van der Waals surface area contributed by atoms with Gasteiger partial charge in [-0.1, -0.05) is 19.1 Å². The van der Waals surface area contributed by atoms with Crippen LogP contribution in [0, 0.1) is 22.7 Å². The van der Waals surface area contributed by atoms with Gasteiger partial charge in [0.1, 0.15) is 23.0 Å². The molecule has 1 heterocycles. The highest BCUT2D eigenvalue weighted by Gasteiger charge is 2.21. The second-order valence-electron chi connectivity index (χ2n) is 7.90. The molecule has 0 unspecified atom stereocenters. The molecule has 0 amide bonds. The van der Waals surface area contributed by atoms with Gasteiger partial charge < -0.3 is 15.0 Å². The third-order valence-corrected chi connectivity index (χ3v) is 7.72. The lowest BCUT2D eigenvalue weighted by Gasteiger charge is -2.22. The molecule has 2 aromatic rings. The number of methoxy groups -OCH3 is 1. The van der Waals surface area contributed by atoms with Crippen molar-refractivity contribution in [2.75, 3.05) is 62.9 Å². The van der Waals surface area contributed by atoms with Gasteiger partial charge in [0.25, 0.3) is 0 Å². The van der Waals surface area contributed by atoms with Crippen LogP contribution in [-0.2, 0) is 26.9 Å². The third kappa shape index (κ3) is 7.58. The van der Waals surface area contributed by atoms with Crippen molar-refractivity contribution in [1.82, 2.24) is 10.3 Å². The lowest BCUT2D eigenvalue weighted by atomic mass is 10.0. The summed E-state index contributed by atoms with van der Waals surface area (Å²) in [6, 6.07) is 11.7. The van der Waals surface area contributed by atoms with E-state index in [2.05, 4.69) is 17.5 Å². The minimum absolute atomic E-state index is 0.429. The van der Waals surface area contributed by atoms with Crippen LogP contribution >= 0.6 is 11.8 Å². The largest absolute Gasteiger partial charge is 0.383 e. The van der Waals surface area contributed by atoms with E-state index in [0.29, 0.717) is 65.1 Å². The highest BCUT2D eigenvalue weighted by Crippen LogP contribution is 2.33. The molecule has 0 bridgehead atoms. The van der Waals surface area contributed by atoms with Crippen LogP contribution in [0.4, 0.5) is 11.5 Å². The van der Waals surface area contributed by atoms with E-state index < -0.39 is 10.0 Å². The highest BCUT2D eigenvalue weighted by atomic mass is 32.2. The molecule has 0 aliphatic rings. The molecule has 1 aromatic heterocycles. The van der Waals surface area contributed by atoms with Crippen LogP contribution in [0.15, 0.2) is 29.3 Å². The number of anilines is 2. The molecule has 1 aromatic carbocycles. The van der Waals surface area contributed by atoms with Crippen molar-refractivity contribution in [3.63, 3.8) is 0 Å². The second-order valence-corrected chi connectivity index (χ2v) is 10.9. The predicted molar refractivity (Wildman–Crippen MR) is 140 cm³/mol. The van der Waals surface area contributed by atoms with Crippen molar-refractivity contribution in [2.24, 2.45) is 0 Å². The van der Waals surface area contributed by atoms with Crippen LogP contribution in [-0.4, -0.2) is 67.1 Å². The number of pyridine rings is 1. The van der Waals surface area contributed by atoms with Gasteiger partial charge in [0, 0.05) is 46.6 Å². The Labute approximate surface area is 212 Å². The minimum Gasteiger partial charge on any atom is -0.383 e. The molecule has 188 valence electrons. The molecule has 0 aliphatic heterocycles. The number of thioether (sulfide) groups is 1. The fraction of sp³-hybridized carbons (Fsp3) is 0.458. The zero-order valence-corrected chi connectivity index (χ0v) is 22.5. The van der Waals surface area contributed by atoms with Gasteiger partial charge in [-0.2, -0.15) is 10.5 Å². The third-order valence-electron chi connectivity index (χ3n) is 5.47. The number of hydrogen-bond acceptors (Lipinski definition) is 9. The fourth-order valence-electron chi connectivity index (χ4n) is 3.36. The average molecular weight is 517 g/mol. The Morgan fingerprint density at radius 3 is 2.31 bits per heavy atom. The Bertz CT molecular complexity index is 1190. The molecule has 0 aliphatic carbocycles. The second kappa shape index (κ2) is 13.3. The molecule has 2 rings (SSSR count). The van der Waals surface area contributed by atoms with E-state index >= 15 is 0 Å². The van der Waals surface area contributed by atoms with Crippen LogP contribution in [0.2, 0.25) is 0 Å². The first kappa shape index (κ1) is 28.4. The van der Waals surface area contributed by atoms with Gasteiger partial charge in [0.15, 0.2) is 0 Å². The van der Waals surface area contributed by atoms with Crippen LogP contribution in [0.3, 0.4) is 0 Å². The smallest absolute Gasteiger partial charge is 0.231 e. The molecule has 0 atom stereocenters. The topological polar surface area (TPSA) is 122 Å². The van der Waals surface area contributed by atoms with Gasteiger partial charge in [-0.15, -0.1) is 11.8 Å². The average Bonchev–Trinajstić information content (AvgIpc) is 2.85. The number of nitrogens with zero attached hydrogens (tertiary/aromatic N) is 5. The van der Waals surface area contributed by atoms with Gasteiger partial charge in [0.05, 0.1) is 29.7 Å². The van der Waals surface area contributed by atoms with E-state index in [1.165, 1.54) is 23.1 Å². The summed E-state index contributed by atoms with van der Waals surface area (Å²) in [5, 5.41) is 23.6. The molecule has 9 nitrogen and oxygen atoms in total. The first-order valence-electron chi connectivity index (χ1n) is 11.1. The first-order valence-corrected chi connectivity index (χ1v) is 13.9. The quantitative estimate of drug-likeness (QED) is 0.316. The van der Waals surface area contributed by atoms with Gasteiger partial charge in [-0.05, 0) is 29.7 Å². The number of ether oxygens (including phenoxy) is 1. The van der Waals surface area contributed by atoms with Gasteiger partial charge in [-0.25, -0.2) is 13.4 Å². The van der Waals surface area contributed by atoms with Crippen LogP contribution in [0.25, 0.3) is 0 Å². The van der Waals surface area contributed by atoms with E-state index in [1.807, 2.05) is 31.0 Å². The van der Waals surface area contributed by atoms with Gasteiger partial charge in [0.2, 0.25) is 10.0 Å². The number of likely N-dealkylation sites (N-methyl/N-ethyl adjacent to an activating group) is 1. The predicted octanol–water partition coefficient (Wildman–Crippen LogP) is 2.75. The SMILES string of the molecule is CCc1c(C#N)c(SCc2ccc(N(C)S(C)(=O)=O)cc2)nc(N(C)CCNCCOC)c1C#N. The summed E-state index contributed by atoms with van der Waals surface area (Å²) >= 11 is 1.43. The fourth-order valence-corrected chi connectivity index (χ4v) is 4.83. The van der Waals surface area contributed by atoms with E-state index in [0.717, 1.165) is 18.4 Å². The van der Waals surface area contributed by atoms with E-state index in [9.17, 15) is 18.9 Å². The molecule has 11 heteroatoms. The van der Waals surface area contributed by atoms with Crippen LogP contribution < -0.4 is 14.5 Å². The lowest BCUT2D eigenvalue weighted by molar-refractivity contribution is 0.200. The van der Waals surface area contributed by atoms with Crippen LogP contribution in [0.5, 0.6) is 0 Å². The number of benzene rings is 1. The Morgan fingerprint density at radius 2 is 1.77 bits per heavy atom. The minimum atomic E-state index is -3.33. The summed E-state index contributed by atoms with van der Waals surface area (Å²) in [6.07, 6.45) is 1.70. The molecule has 0 spiro atoms. The molecule has 0 saturated carbocycles. The van der Waals surface area contributed by atoms with E-state index in [4.69, 9.17) is 9.72 Å². The van der Waals surface area contributed by atoms with Crippen molar-refractivity contribution < 1.29 is 13.2 Å². The van der Waals surface area contributed by atoms with Gasteiger partial charge in [-0.3, -0.25) is 4.31 Å². The number of nitrogens with one attached hydrogen (secondary N) is 1. The number of sulfonamides is 1. The molecular formula is C24H32N6O3S2. The first-order chi connectivity index (χ1) is 16.7. The van der Waals surface area contributed by atoms with Crippen molar-refractivity contribution >= 4 is 33.3 Å². The number of rotatable bonds is 13. The maximum atomic E-state index is 11.8. The molecule has 0 radical (unpaired) electrons. The number of nitriles is 2. The summed E-state index contributed by atoms with van der Waals surface area (Å²) < 4.78 is 29.8. The Morgan fingerprint density at radius 1 is 1.11 bits per heavy atom. The Balaban J connectivity index is 2.28. The lowest BCUT2D eigenvalue weighted by Crippen LogP contribution is -2.32. The molecule has 1 N–H and O–H groups in total. The Hall–Kier alpha value is -2.83. The van der Waals surface area contributed by atoms with Crippen LogP contribution in [0.1, 0.15) is 29.2 Å². The van der Waals surface area contributed by atoms with Crippen molar-refractivity contribution in [1.29, 1.82) is 10.5 Å². The molecule has 0 fully saturated rings. The maximum Gasteiger partial charge on any atom is 0.231 e. The van der Waals surface area contributed by atoms with E-state index in [-0.39, 0.29) is 0 Å². The number of hydrogen-bond donors (Lipinski definition) is 1. The summed E-state index contributed by atoms with van der Waals surface area (Å²) in [5.41, 5.74) is 3.10. The zero-order chi connectivity index (χ0) is 26.0. The van der Waals surface area contributed by atoms with Crippen molar-refractivity contribution in [3.8, 4) is 12.1 Å². The Kier molecular flexibility index (Phi) is 10.8. The standard InChI is InChI=1S/C24H32N6O3S2/c1-6-20-21(15-25)23(29(2)13-11-27-12-14-33-4)28-24(22(20)16-26)34-17-18-7-9-19(10-8-18)30(3)35(5,31)32/h7-10,27H,6,11-14,17H2,1-5H3. The normalized spacial score (nSPS) is 11.1. The van der Waals surface area contributed by atoms with Gasteiger partial charge >= 0.3 is 0 Å². The maximum absolute atomic E-state index is 11.8. The van der Waals surface area contributed by atoms with E-state index in [1.54, 1.807) is 19.2 Å². The summed E-state index contributed by atoms with van der Waals surface area (Å²) in [4.78, 5) is 6.66.